The summed E-state index contributed by atoms with van der Waals surface area (Å²) in [6.45, 7) is 2.52. The standard InChI is InChI=1S/C17H18N4O2S/c1-9-13-16(20-12-6-3-7-21(12)17(13)23)24-14(9)15(22)19-11-5-2-4-10(11)8-18/h10-11H,2-7H2,1H3,(H,19,22). The smallest absolute Gasteiger partial charge is 0.262 e. The van der Waals surface area contributed by atoms with E-state index in [0.29, 0.717) is 27.2 Å². The fourth-order valence-corrected chi connectivity index (χ4v) is 4.91. The highest BCUT2D eigenvalue weighted by atomic mass is 32.1. The van der Waals surface area contributed by atoms with Crippen LogP contribution in [0, 0.1) is 24.2 Å². The maximum absolute atomic E-state index is 12.7. The summed E-state index contributed by atoms with van der Waals surface area (Å²) in [5, 5.41) is 12.7. The molecule has 0 aromatic carbocycles. The third-order valence-electron chi connectivity index (χ3n) is 5.12. The van der Waals surface area contributed by atoms with Crippen molar-refractivity contribution >= 4 is 27.5 Å². The molecule has 2 aliphatic rings. The Morgan fingerprint density at radius 2 is 2.25 bits per heavy atom. The summed E-state index contributed by atoms with van der Waals surface area (Å²) >= 11 is 1.28. The fourth-order valence-electron chi connectivity index (χ4n) is 3.81. The second-order valence-corrected chi connectivity index (χ2v) is 7.57. The highest BCUT2D eigenvalue weighted by molar-refractivity contribution is 7.20. The van der Waals surface area contributed by atoms with Crippen molar-refractivity contribution in [3.05, 3.63) is 26.6 Å². The van der Waals surface area contributed by atoms with Gasteiger partial charge < -0.3 is 5.32 Å². The number of nitriles is 1. The van der Waals surface area contributed by atoms with E-state index in [9.17, 15) is 9.59 Å². The van der Waals surface area contributed by atoms with Crippen molar-refractivity contribution in [1.82, 2.24) is 14.9 Å². The average Bonchev–Trinajstić information content (AvgIpc) is 3.26. The fraction of sp³-hybridized carbons (Fsp3) is 0.529. The van der Waals surface area contributed by atoms with Crippen LogP contribution in [0.25, 0.3) is 10.2 Å². The minimum Gasteiger partial charge on any atom is -0.347 e. The Balaban J connectivity index is 1.71. The molecule has 0 spiro atoms. The van der Waals surface area contributed by atoms with Crippen LogP contribution in [0.2, 0.25) is 0 Å². The average molecular weight is 342 g/mol. The van der Waals surface area contributed by atoms with Gasteiger partial charge >= 0.3 is 0 Å². The number of carbonyl (C=O) groups is 1. The highest BCUT2D eigenvalue weighted by Gasteiger charge is 2.30. The summed E-state index contributed by atoms with van der Waals surface area (Å²) in [7, 11) is 0. The lowest BCUT2D eigenvalue weighted by molar-refractivity contribution is 0.0936. The van der Waals surface area contributed by atoms with E-state index in [-0.39, 0.29) is 23.4 Å². The Labute approximate surface area is 143 Å². The molecule has 7 heteroatoms. The van der Waals surface area contributed by atoms with Crippen LogP contribution in [0.3, 0.4) is 0 Å². The Kier molecular flexibility index (Phi) is 3.65. The van der Waals surface area contributed by atoms with E-state index < -0.39 is 0 Å². The number of fused-ring (bicyclic) bond motifs is 2. The maximum Gasteiger partial charge on any atom is 0.262 e. The third-order valence-corrected chi connectivity index (χ3v) is 6.30. The Hall–Kier alpha value is -2.20. The van der Waals surface area contributed by atoms with Crippen molar-refractivity contribution < 1.29 is 4.79 Å². The van der Waals surface area contributed by atoms with Crippen LogP contribution in [-0.2, 0) is 13.0 Å². The van der Waals surface area contributed by atoms with Crippen LogP contribution in [0.1, 0.15) is 46.7 Å². The molecule has 0 bridgehead atoms. The first-order valence-electron chi connectivity index (χ1n) is 8.33. The van der Waals surface area contributed by atoms with Crippen molar-refractivity contribution in [2.24, 2.45) is 5.92 Å². The van der Waals surface area contributed by atoms with Gasteiger partial charge in [0.15, 0.2) is 0 Å². The van der Waals surface area contributed by atoms with Crippen LogP contribution in [0.4, 0.5) is 0 Å². The highest BCUT2D eigenvalue weighted by Crippen LogP contribution is 2.30. The van der Waals surface area contributed by atoms with Crippen molar-refractivity contribution in [2.75, 3.05) is 0 Å². The van der Waals surface area contributed by atoms with E-state index in [1.54, 1.807) is 4.57 Å². The molecule has 1 aliphatic heterocycles. The third kappa shape index (κ3) is 2.25. The van der Waals surface area contributed by atoms with Crippen LogP contribution in [0.15, 0.2) is 4.79 Å². The van der Waals surface area contributed by atoms with Crippen molar-refractivity contribution in [3.8, 4) is 6.07 Å². The zero-order chi connectivity index (χ0) is 16.8. The summed E-state index contributed by atoms with van der Waals surface area (Å²) < 4.78 is 1.73. The molecule has 2 aromatic heterocycles. The van der Waals surface area contributed by atoms with E-state index in [2.05, 4.69) is 16.4 Å². The van der Waals surface area contributed by atoms with Crippen LogP contribution in [-0.4, -0.2) is 21.5 Å². The van der Waals surface area contributed by atoms with Crippen molar-refractivity contribution in [2.45, 2.75) is 51.6 Å². The van der Waals surface area contributed by atoms with Crippen LogP contribution < -0.4 is 10.9 Å². The van der Waals surface area contributed by atoms with Crippen LogP contribution >= 0.6 is 11.3 Å². The number of hydrogen-bond acceptors (Lipinski definition) is 5. The Bertz CT molecular complexity index is 937. The van der Waals surface area contributed by atoms with Gasteiger partial charge in [-0.1, -0.05) is 0 Å². The SMILES string of the molecule is Cc1c(C(=O)NC2CCCC2C#N)sc2nc3n(c(=O)c12)CCC3. The second kappa shape index (κ2) is 5.71. The molecule has 124 valence electrons. The number of aromatic nitrogens is 2. The quantitative estimate of drug-likeness (QED) is 0.905. The summed E-state index contributed by atoms with van der Waals surface area (Å²) in [6.07, 6.45) is 4.40. The molecule has 1 N–H and O–H groups in total. The molecule has 2 aromatic rings. The number of nitrogens with zero attached hydrogens (tertiary/aromatic N) is 3. The normalized spacial score (nSPS) is 22.5. The van der Waals surface area contributed by atoms with Gasteiger partial charge in [-0.2, -0.15) is 5.26 Å². The lowest BCUT2D eigenvalue weighted by Gasteiger charge is -2.15. The van der Waals surface area contributed by atoms with Crippen molar-refractivity contribution in [1.29, 1.82) is 5.26 Å². The topological polar surface area (TPSA) is 87.8 Å². The molecule has 0 radical (unpaired) electrons. The molecule has 4 rings (SSSR count). The summed E-state index contributed by atoms with van der Waals surface area (Å²) in [5.41, 5.74) is 0.676. The number of nitrogens with one attached hydrogen (secondary N) is 1. The zero-order valence-corrected chi connectivity index (χ0v) is 14.3. The molecule has 1 amide bonds. The molecule has 1 aliphatic carbocycles. The lowest BCUT2D eigenvalue weighted by atomic mass is 10.1. The number of amides is 1. The molecular formula is C17H18N4O2S. The molecule has 2 atom stereocenters. The van der Waals surface area contributed by atoms with Gasteiger partial charge in [-0.3, -0.25) is 14.2 Å². The predicted octanol–water partition coefficient (Wildman–Crippen LogP) is 2.13. The van der Waals surface area contributed by atoms with E-state index in [1.807, 2.05) is 6.92 Å². The van der Waals surface area contributed by atoms with E-state index in [0.717, 1.165) is 37.9 Å². The first-order chi connectivity index (χ1) is 11.6. The van der Waals surface area contributed by atoms with Gasteiger partial charge in [0.05, 0.1) is 22.3 Å². The number of aryl methyl sites for hydroxylation is 2. The molecule has 2 unspecified atom stereocenters. The summed E-state index contributed by atoms with van der Waals surface area (Å²) in [6, 6.07) is 2.18. The van der Waals surface area contributed by atoms with Crippen molar-refractivity contribution in [3.63, 3.8) is 0 Å². The van der Waals surface area contributed by atoms with Gasteiger partial charge in [-0.25, -0.2) is 4.98 Å². The molecule has 24 heavy (non-hydrogen) atoms. The molecule has 1 saturated carbocycles. The minimum absolute atomic E-state index is 0.0314. The second-order valence-electron chi connectivity index (χ2n) is 6.57. The van der Waals surface area contributed by atoms with Gasteiger partial charge in [0.2, 0.25) is 0 Å². The van der Waals surface area contributed by atoms with E-state index in [1.165, 1.54) is 11.3 Å². The van der Waals surface area contributed by atoms with Gasteiger partial charge in [0.1, 0.15) is 10.7 Å². The molecule has 0 saturated heterocycles. The first kappa shape index (κ1) is 15.3. The maximum atomic E-state index is 12.7. The van der Waals surface area contributed by atoms with E-state index >= 15 is 0 Å². The first-order valence-corrected chi connectivity index (χ1v) is 9.15. The lowest BCUT2D eigenvalue weighted by Crippen LogP contribution is -2.36. The van der Waals surface area contributed by atoms with Gasteiger partial charge in [0.25, 0.3) is 11.5 Å². The Morgan fingerprint density at radius 1 is 1.42 bits per heavy atom. The summed E-state index contributed by atoms with van der Waals surface area (Å²) in [5.74, 6) is 0.518. The minimum atomic E-state index is -0.188. The number of carbonyl (C=O) groups excluding carboxylic acids is 1. The van der Waals surface area contributed by atoms with E-state index in [4.69, 9.17) is 5.26 Å². The molecular weight excluding hydrogens is 324 g/mol. The number of rotatable bonds is 2. The van der Waals surface area contributed by atoms with Gasteiger partial charge in [-0.15, -0.1) is 11.3 Å². The number of hydrogen-bond donors (Lipinski definition) is 1. The monoisotopic (exact) mass is 342 g/mol. The predicted molar refractivity (Wildman–Crippen MR) is 91.1 cm³/mol. The number of thiophene rings is 1. The zero-order valence-electron chi connectivity index (χ0n) is 13.5. The largest absolute Gasteiger partial charge is 0.347 e. The van der Waals surface area contributed by atoms with Gasteiger partial charge in [-0.05, 0) is 38.2 Å². The molecule has 6 nitrogen and oxygen atoms in total. The molecule has 1 fully saturated rings. The Morgan fingerprint density at radius 3 is 3.04 bits per heavy atom. The molecule has 3 heterocycles. The van der Waals surface area contributed by atoms with Gasteiger partial charge in [0, 0.05) is 19.0 Å². The summed E-state index contributed by atoms with van der Waals surface area (Å²) in [4.78, 5) is 31.1. The van der Waals surface area contributed by atoms with Crippen LogP contribution in [0.5, 0.6) is 0 Å².